The van der Waals surface area contributed by atoms with Crippen molar-refractivity contribution in [2.24, 2.45) is 5.92 Å². The predicted octanol–water partition coefficient (Wildman–Crippen LogP) is 4.31. The molecule has 28 heavy (non-hydrogen) atoms. The van der Waals surface area contributed by atoms with Crippen molar-refractivity contribution in [3.8, 4) is 0 Å². The molecular weight excluding hydrogens is 374 g/mol. The van der Waals surface area contributed by atoms with Crippen molar-refractivity contribution in [1.82, 2.24) is 9.88 Å². The van der Waals surface area contributed by atoms with Gasteiger partial charge in [-0.2, -0.15) is 13.2 Å². The zero-order valence-electron chi connectivity index (χ0n) is 15.9. The second-order valence-corrected chi connectivity index (χ2v) is 7.20. The molecule has 1 aromatic heterocycles. The second-order valence-electron chi connectivity index (χ2n) is 7.20. The average molecular weight is 397 g/mol. The van der Waals surface area contributed by atoms with Crippen LogP contribution >= 0.6 is 0 Å². The van der Waals surface area contributed by atoms with E-state index in [2.05, 4.69) is 4.98 Å². The Bertz CT molecular complexity index is 868. The molecule has 3 rings (SSSR count). The van der Waals surface area contributed by atoms with Gasteiger partial charge in [-0.3, -0.25) is 9.78 Å². The van der Waals surface area contributed by atoms with E-state index < -0.39 is 24.5 Å². The molecule has 8 heteroatoms. The molecule has 1 aliphatic heterocycles. The number of pyridine rings is 1. The van der Waals surface area contributed by atoms with Crippen LogP contribution in [0.5, 0.6) is 0 Å². The number of benzene rings is 1. The normalized spacial score (nSPS) is 17.8. The summed E-state index contributed by atoms with van der Waals surface area (Å²) >= 11 is 0. The first-order valence-corrected chi connectivity index (χ1v) is 9.35. The monoisotopic (exact) mass is 397 g/mol. The number of hydrogen-bond donors (Lipinski definition) is 0. The molecule has 1 unspecified atom stereocenters. The lowest BCUT2D eigenvalue weighted by molar-refractivity contribution is -0.163. The summed E-state index contributed by atoms with van der Waals surface area (Å²) in [5.74, 6) is -1.38. The largest absolute Gasteiger partial charge is 0.406 e. The summed E-state index contributed by atoms with van der Waals surface area (Å²) in [6.07, 6.45) is -3.20. The summed E-state index contributed by atoms with van der Waals surface area (Å²) in [5, 5.41) is 0.640. The summed E-state index contributed by atoms with van der Waals surface area (Å²) in [7, 11) is 0. The molecular formula is C20H23F4N3O. The van der Waals surface area contributed by atoms with E-state index >= 15 is 0 Å². The third-order valence-corrected chi connectivity index (χ3v) is 5.05. The summed E-state index contributed by atoms with van der Waals surface area (Å²) < 4.78 is 52.1. The van der Waals surface area contributed by atoms with Crippen LogP contribution in [0.15, 0.2) is 24.3 Å². The van der Waals surface area contributed by atoms with E-state index in [1.165, 1.54) is 12.1 Å². The SMILES string of the molecule is CCN(CC(F)(F)F)C(=O)C1CCCN(c2cc(C)nc3ccc(F)cc23)C1. The van der Waals surface area contributed by atoms with Crippen molar-refractivity contribution in [3.63, 3.8) is 0 Å². The number of anilines is 1. The number of piperidine rings is 1. The molecule has 1 amide bonds. The number of halogens is 4. The Morgan fingerprint density at radius 3 is 2.75 bits per heavy atom. The Kier molecular flexibility index (Phi) is 5.76. The van der Waals surface area contributed by atoms with Crippen LogP contribution in [0.25, 0.3) is 10.9 Å². The maximum atomic E-state index is 13.8. The van der Waals surface area contributed by atoms with Crippen molar-refractivity contribution in [2.45, 2.75) is 32.9 Å². The first-order chi connectivity index (χ1) is 13.2. The number of rotatable bonds is 4. The molecule has 0 N–H and O–H groups in total. The maximum Gasteiger partial charge on any atom is 0.406 e. The fraction of sp³-hybridized carbons (Fsp3) is 0.500. The number of amides is 1. The molecule has 0 aliphatic carbocycles. The Morgan fingerprint density at radius 1 is 1.32 bits per heavy atom. The summed E-state index contributed by atoms with van der Waals surface area (Å²) in [5.41, 5.74) is 2.17. The van der Waals surface area contributed by atoms with Crippen LogP contribution in [0.3, 0.4) is 0 Å². The summed E-state index contributed by atoms with van der Waals surface area (Å²) in [6, 6.07) is 6.19. The Balaban J connectivity index is 1.86. The van der Waals surface area contributed by atoms with Gasteiger partial charge in [0.1, 0.15) is 12.4 Å². The Labute approximate surface area is 161 Å². The van der Waals surface area contributed by atoms with E-state index in [9.17, 15) is 22.4 Å². The molecule has 0 radical (unpaired) electrons. The number of aromatic nitrogens is 1. The number of aryl methyl sites for hydroxylation is 1. The smallest absolute Gasteiger partial charge is 0.370 e. The zero-order valence-corrected chi connectivity index (χ0v) is 15.9. The van der Waals surface area contributed by atoms with E-state index in [-0.39, 0.29) is 12.4 Å². The molecule has 2 heterocycles. The van der Waals surface area contributed by atoms with Crippen LogP contribution in [-0.2, 0) is 4.79 Å². The van der Waals surface area contributed by atoms with Gasteiger partial charge >= 0.3 is 6.18 Å². The standard InChI is InChI=1S/C20H23F4N3O/c1-3-26(12-20(22,23)24)19(28)14-5-4-8-27(11-14)18-9-13(2)25-17-7-6-15(21)10-16(17)18/h6-7,9-10,14H,3-5,8,11-12H2,1-2H3. The molecule has 1 aromatic carbocycles. The minimum absolute atomic E-state index is 0.0113. The maximum absolute atomic E-state index is 13.8. The van der Waals surface area contributed by atoms with Gasteiger partial charge in [-0.25, -0.2) is 4.39 Å². The minimum atomic E-state index is -4.42. The van der Waals surface area contributed by atoms with Gasteiger partial charge in [0.25, 0.3) is 0 Å². The van der Waals surface area contributed by atoms with Crippen molar-refractivity contribution in [1.29, 1.82) is 0 Å². The van der Waals surface area contributed by atoms with Crippen molar-refractivity contribution >= 4 is 22.5 Å². The zero-order chi connectivity index (χ0) is 20.5. The third kappa shape index (κ3) is 4.54. The lowest BCUT2D eigenvalue weighted by Gasteiger charge is -2.36. The van der Waals surface area contributed by atoms with Crippen LogP contribution in [0, 0.1) is 18.7 Å². The number of fused-ring (bicyclic) bond motifs is 1. The molecule has 1 aliphatic rings. The van der Waals surface area contributed by atoms with Gasteiger partial charge in [0.05, 0.1) is 11.4 Å². The number of carbonyl (C=O) groups excluding carboxylic acids is 1. The highest BCUT2D eigenvalue weighted by Crippen LogP contribution is 2.32. The van der Waals surface area contributed by atoms with Crippen LogP contribution in [0.1, 0.15) is 25.5 Å². The van der Waals surface area contributed by atoms with Crippen molar-refractivity contribution in [2.75, 3.05) is 31.1 Å². The highest BCUT2D eigenvalue weighted by Gasteiger charge is 2.36. The first kappa shape index (κ1) is 20.4. The molecule has 1 atom stereocenters. The lowest BCUT2D eigenvalue weighted by atomic mass is 9.95. The van der Waals surface area contributed by atoms with Crippen LogP contribution in [0.2, 0.25) is 0 Å². The van der Waals surface area contributed by atoms with E-state index in [4.69, 9.17) is 0 Å². The van der Waals surface area contributed by atoms with Gasteiger partial charge in [0.2, 0.25) is 5.91 Å². The second kappa shape index (κ2) is 7.93. The molecule has 4 nitrogen and oxygen atoms in total. The van der Waals surface area contributed by atoms with Gasteiger partial charge in [0.15, 0.2) is 0 Å². The molecule has 0 spiro atoms. The Morgan fingerprint density at radius 2 is 2.07 bits per heavy atom. The number of carbonyl (C=O) groups is 1. The fourth-order valence-electron chi connectivity index (χ4n) is 3.79. The highest BCUT2D eigenvalue weighted by atomic mass is 19.4. The molecule has 0 bridgehead atoms. The Hall–Kier alpha value is -2.38. The number of alkyl halides is 3. The highest BCUT2D eigenvalue weighted by molar-refractivity contribution is 5.92. The van der Waals surface area contributed by atoms with Crippen LogP contribution in [0.4, 0.5) is 23.2 Å². The van der Waals surface area contributed by atoms with Gasteiger partial charge in [-0.1, -0.05) is 0 Å². The van der Waals surface area contributed by atoms with Crippen molar-refractivity contribution < 1.29 is 22.4 Å². The predicted molar refractivity (Wildman–Crippen MR) is 99.7 cm³/mol. The molecule has 1 fully saturated rings. The number of hydrogen-bond acceptors (Lipinski definition) is 3. The minimum Gasteiger partial charge on any atom is -0.370 e. The van der Waals surface area contributed by atoms with Crippen LogP contribution in [-0.4, -0.2) is 48.1 Å². The van der Waals surface area contributed by atoms with Gasteiger partial charge < -0.3 is 9.80 Å². The molecule has 2 aromatic rings. The topological polar surface area (TPSA) is 36.4 Å². The lowest BCUT2D eigenvalue weighted by Crippen LogP contribution is -2.47. The van der Waals surface area contributed by atoms with Gasteiger partial charge in [-0.15, -0.1) is 0 Å². The van der Waals surface area contributed by atoms with E-state index in [0.717, 1.165) is 16.3 Å². The quantitative estimate of drug-likeness (QED) is 0.722. The van der Waals surface area contributed by atoms with Crippen LogP contribution < -0.4 is 4.90 Å². The summed E-state index contributed by atoms with van der Waals surface area (Å²) in [4.78, 5) is 19.9. The first-order valence-electron chi connectivity index (χ1n) is 9.35. The molecule has 1 saturated heterocycles. The third-order valence-electron chi connectivity index (χ3n) is 5.05. The van der Waals surface area contributed by atoms with Gasteiger partial charge in [0, 0.05) is 36.4 Å². The summed E-state index contributed by atoms with van der Waals surface area (Å²) in [6.45, 7) is 3.12. The van der Waals surface area contributed by atoms with E-state index in [1.54, 1.807) is 13.0 Å². The fourth-order valence-corrected chi connectivity index (χ4v) is 3.79. The molecule has 0 saturated carbocycles. The van der Waals surface area contributed by atoms with Gasteiger partial charge in [-0.05, 0) is 51.0 Å². The van der Waals surface area contributed by atoms with Crippen molar-refractivity contribution in [3.05, 3.63) is 35.8 Å². The molecule has 152 valence electrons. The number of nitrogens with zero attached hydrogens (tertiary/aromatic N) is 3. The average Bonchev–Trinajstić information content (AvgIpc) is 2.64. The van der Waals surface area contributed by atoms with E-state index in [1.807, 2.05) is 17.9 Å². The van der Waals surface area contributed by atoms with E-state index in [0.29, 0.717) is 36.8 Å².